The number of carbonyl (C=O) groups excluding carboxylic acids is 3. The molecule has 7 heteroatoms. The zero-order valence-corrected chi connectivity index (χ0v) is 16.3. The Balaban J connectivity index is 1.89. The number of carbonyl (C=O) groups is 3. The maximum Gasteiger partial charge on any atom is 0.310 e. The topological polar surface area (TPSA) is 72.5 Å². The predicted molar refractivity (Wildman–Crippen MR) is 99.6 cm³/mol. The Labute approximate surface area is 158 Å². The maximum absolute atomic E-state index is 12.4. The molecule has 0 radical (unpaired) electrons. The molecule has 5 nitrogen and oxygen atoms in total. The van der Waals surface area contributed by atoms with E-state index in [-0.39, 0.29) is 18.1 Å². The van der Waals surface area contributed by atoms with Crippen LogP contribution >= 0.6 is 27.3 Å². The van der Waals surface area contributed by atoms with Crippen LogP contribution in [-0.4, -0.2) is 23.8 Å². The van der Waals surface area contributed by atoms with Crippen LogP contribution in [0.25, 0.3) is 0 Å². The van der Waals surface area contributed by atoms with Crippen molar-refractivity contribution in [3.8, 4) is 0 Å². The van der Waals surface area contributed by atoms with Gasteiger partial charge < -0.3 is 10.1 Å². The number of thiophene rings is 1. The minimum Gasteiger partial charge on any atom is -0.454 e. The highest BCUT2D eigenvalue weighted by Gasteiger charge is 2.21. The van der Waals surface area contributed by atoms with Crippen LogP contribution in [0.1, 0.15) is 34.0 Å². The SMILES string of the molecule is CC(=O)NCc1ccc(C(=O)C(C)OC(=O)Cc2ccc(Br)cc2)s1. The van der Waals surface area contributed by atoms with Gasteiger partial charge in [0.15, 0.2) is 6.10 Å². The van der Waals surface area contributed by atoms with Crippen LogP contribution in [0.15, 0.2) is 40.9 Å². The first kappa shape index (κ1) is 19.3. The minimum absolute atomic E-state index is 0.114. The third kappa shape index (κ3) is 6.10. The first-order valence-corrected chi connectivity index (χ1v) is 9.27. The molecule has 25 heavy (non-hydrogen) atoms. The molecule has 0 aliphatic heterocycles. The number of hydrogen-bond donors (Lipinski definition) is 1. The van der Waals surface area contributed by atoms with Crippen molar-refractivity contribution in [1.29, 1.82) is 0 Å². The summed E-state index contributed by atoms with van der Waals surface area (Å²) in [4.78, 5) is 36.7. The highest BCUT2D eigenvalue weighted by Crippen LogP contribution is 2.19. The predicted octanol–water partition coefficient (Wildman–Crippen LogP) is 3.50. The number of nitrogens with one attached hydrogen (secondary N) is 1. The molecular weight excluding hydrogens is 406 g/mol. The number of ketones is 1. The van der Waals surface area contributed by atoms with E-state index >= 15 is 0 Å². The third-order valence-corrected chi connectivity index (χ3v) is 4.98. The third-order valence-electron chi connectivity index (χ3n) is 3.36. The minimum atomic E-state index is -0.852. The summed E-state index contributed by atoms with van der Waals surface area (Å²) in [5.74, 6) is -0.821. The second-order valence-corrected chi connectivity index (χ2v) is 7.56. The zero-order valence-electron chi connectivity index (χ0n) is 13.9. The van der Waals surface area contributed by atoms with E-state index in [1.54, 1.807) is 19.1 Å². The average molecular weight is 424 g/mol. The van der Waals surface area contributed by atoms with E-state index in [2.05, 4.69) is 21.2 Å². The largest absolute Gasteiger partial charge is 0.454 e. The van der Waals surface area contributed by atoms with Crippen molar-refractivity contribution in [3.05, 3.63) is 56.2 Å². The molecular formula is C18H18BrNO4S. The molecule has 2 rings (SSSR count). The molecule has 0 aliphatic carbocycles. The van der Waals surface area contributed by atoms with E-state index in [1.165, 1.54) is 18.3 Å². The molecule has 1 N–H and O–H groups in total. The molecule has 1 aromatic heterocycles. The molecule has 0 saturated carbocycles. The van der Waals surface area contributed by atoms with Crippen molar-refractivity contribution in [2.24, 2.45) is 0 Å². The normalized spacial score (nSPS) is 11.6. The summed E-state index contributed by atoms with van der Waals surface area (Å²) in [6, 6.07) is 10.8. The van der Waals surface area contributed by atoms with E-state index in [4.69, 9.17) is 4.74 Å². The molecule has 2 aromatic rings. The van der Waals surface area contributed by atoms with Gasteiger partial charge in [0.25, 0.3) is 0 Å². The molecule has 1 unspecified atom stereocenters. The first-order valence-electron chi connectivity index (χ1n) is 7.66. The van der Waals surface area contributed by atoms with Gasteiger partial charge in [0.2, 0.25) is 11.7 Å². The molecule has 0 bridgehead atoms. The highest BCUT2D eigenvalue weighted by molar-refractivity contribution is 9.10. The molecule has 132 valence electrons. The Bertz CT molecular complexity index is 770. The zero-order chi connectivity index (χ0) is 18.4. The van der Waals surface area contributed by atoms with Gasteiger partial charge in [0, 0.05) is 16.3 Å². The quantitative estimate of drug-likeness (QED) is 0.546. The molecule has 0 fully saturated rings. The second kappa shape index (κ2) is 8.92. The molecule has 0 saturated heterocycles. The molecule has 0 aliphatic rings. The second-order valence-electron chi connectivity index (χ2n) is 5.48. The van der Waals surface area contributed by atoms with Gasteiger partial charge in [0.1, 0.15) is 0 Å². The number of ether oxygens (including phenoxy) is 1. The number of hydrogen-bond acceptors (Lipinski definition) is 5. The lowest BCUT2D eigenvalue weighted by Crippen LogP contribution is -2.24. The number of benzene rings is 1. The lowest BCUT2D eigenvalue weighted by atomic mass is 10.1. The Morgan fingerprint density at radius 3 is 2.48 bits per heavy atom. The lowest BCUT2D eigenvalue weighted by Gasteiger charge is -2.11. The average Bonchev–Trinajstić information content (AvgIpc) is 3.03. The Kier molecular flexibility index (Phi) is 6.90. The van der Waals surface area contributed by atoms with Crippen LogP contribution < -0.4 is 5.32 Å². The Morgan fingerprint density at radius 1 is 1.16 bits per heavy atom. The smallest absolute Gasteiger partial charge is 0.310 e. The van der Waals surface area contributed by atoms with Crippen LogP contribution in [0.5, 0.6) is 0 Å². The fourth-order valence-electron chi connectivity index (χ4n) is 2.08. The Hall–Kier alpha value is -1.99. The van der Waals surface area contributed by atoms with Crippen LogP contribution in [0.4, 0.5) is 0 Å². The fourth-order valence-corrected chi connectivity index (χ4v) is 3.31. The van der Waals surface area contributed by atoms with Gasteiger partial charge in [-0.25, -0.2) is 0 Å². The van der Waals surface area contributed by atoms with Crippen molar-refractivity contribution in [2.45, 2.75) is 32.9 Å². The summed E-state index contributed by atoms with van der Waals surface area (Å²) in [5.41, 5.74) is 0.821. The molecule has 1 aromatic carbocycles. The molecule has 1 heterocycles. The van der Waals surface area contributed by atoms with Gasteiger partial charge in [0.05, 0.1) is 17.8 Å². The van der Waals surface area contributed by atoms with Crippen molar-refractivity contribution in [3.63, 3.8) is 0 Å². The van der Waals surface area contributed by atoms with Gasteiger partial charge in [-0.3, -0.25) is 14.4 Å². The summed E-state index contributed by atoms with van der Waals surface area (Å²) in [5, 5.41) is 2.68. The summed E-state index contributed by atoms with van der Waals surface area (Å²) >= 11 is 4.62. The first-order chi connectivity index (χ1) is 11.8. The summed E-state index contributed by atoms with van der Waals surface area (Å²) < 4.78 is 6.18. The van der Waals surface area contributed by atoms with E-state index < -0.39 is 12.1 Å². The molecule has 1 amide bonds. The van der Waals surface area contributed by atoms with Crippen LogP contribution in [0.3, 0.4) is 0 Å². The van der Waals surface area contributed by atoms with E-state index in [0.29, 0.717) is 11.4 Å². The number of amides is 1. The summed E-state index contributed by atoms with van der Waals surface area (Å²) in [6.45, 7) is 3.38. The standard InChI is InChI=1S/C18H18BrNO4S/c1-11(24-17(22)9-13-3-5-14(19)6-4-13)18(23)16-8-7-15(25-16)10-20-12(2)21/h3-8,11H,9-10H2,1-2H3,(H,20,21). The fraction of sp³-hybridized carbons (Fsp3) is 0.278. The van der Waals surface area contributed by atoms with Gasteiger partial charge in [-0.1, -0.05) is 28.1 Å². The number of Topliss-reactive ketones (excluding diaryl/α,β-unsaturated/α-hetero) is 1. The van der Waals surface area contributed by atoms with Crippen molar-refractivity contribution >= 4 is 44.9 Å². The van der Waals surface area contributed by atoms with E-state index in [0.717, 1.165) is 14.9 Å². The maximum atomic E-state index is 12.4. The van der Waals surface area contributed by atoms with Crippen molar-refractivity contribution in [1.82, 2.24) is 5.32 Å². The number of esters is 1. The van der Waals surface area contributed by atoms with Crippen molar-refractivity contribution < 1.29 is 19.1 Å². The van der Waals surface area contributed by atoms with Gasteiger partial charge in [-0.15, -0.1) is 11.3 Å². The van der Waals surface area contributed by atoms with Crippen LogP contribution in [-0.2, 0) is 27.3 Å². The van der Waals surface area contributed by atoms with Crippen LogP contribution in [0.2, 0.25) is 0 Å². The van der Waals surface area contributed by atoms with Crippen LogP contribution in [0, 0.1) is 0 Å². The summed E-state index contributed by atoms with van der Waals surface area (Å²) in [6.07, 6.45) is -0.737. The number of rotatable bonds is 7. The monoisotopic (exact) mass is 423 g/mol. The van der Waals surface area contributed by atoms with Gasteiger partial charge in [-0.2, -0.15) is 0 Å². The number of halogens is 1. The summed E-state index contributed by atoms with van der Waals surface area (Å²) in [7, 11) is 0. The highest BCUT2D eigenvalue weighted by atomic mass is 79.9. The van der Waals surface area contributed by atoms with E-state index in [1.807, 2.05) is 24.3 Å². The van der Waals surface area contributed by atoms with Gasteiger partial charge in [-0.05, 0) is 36.8 Å². The lowest BCUT2D eigenvalue weighted by molar-refractivity contribution is -0.145. The van der Waals surface area contributed by atoms with Gasteiger partial charge >= 0.3 is 5.97 Å². The molecule has 0 spiro atoms. The molecule has 1 atom stereocenters. The Morgan fingerprint density at radius 2 is 1.84 bits per heavy atom. The van der Waals surface area contributed by atoms with Crippen molar-refractivity contribution in [2.75, 3.05) is 0 Å². The van der Waals surface area contributed by atoms with E-state index in [9.17, 15) is 14.4 Å².